The second-order valence-electron chi connectivity index (χ2n) is 4.61. The Morgan fingerprint density at radius 3 is 2.81 bits per heavy atom. The number of hydrogen-bond donors (Lipinski definition) is 1. The fourth-order valence-electron chi connectivity index (χ4n) is 1.61. The van der Waals surface area contributed by atoms with E-state index in [-0.39, 0.29) is 0 Å². The first kappa shape index (κ1) is 12.9. The highest BCUT2D eigenvalue weighted by Crippen LogP contribution is 2.07. The van der Waals surface area contributed by atoms with Crippen molar-refractivity contribution in [1.82, 2.24) is 9.97 Å². The molecule has 16 heavy (non-hydrogen) atoms. The highest BCUT2D eigenvalue weighted by Gasteiger charge is 1.98. The highest BCUT2D eigenvalue weighted by molar-refractivity contribution is 5.34. The minimum Gasteiger partial charge on any atom is -0.370 e. The Morgan fingerprint density at radius 2 is 2.12 bits per heavy atom. The van der Waals surface area contributed by atoms with Gasteiger partial charge in [0.1, 0.15) is 12.1 Å². The van der Waals surface area contributed by atoms with Crippen LogP contribution < -0.4 is 5.32 Å². The molecule has 3 heteroatoms. The molecule has 1 N–H and O–H groups in total. The molecule has 0 saturated carbocycles. The normalized spacial score (nSPS) is 10.8. The van der Waals surface area contributed by atoms with Crippen LogP contribution in [0.5, 0.6) is 0 Å². The molecule has 0 saturated heterocycles. The Hall–Kier alpha value is -1.12. The molecular formula is C13H23N3. The standard InChI is InChI=1S/C13H23N3/c1-4-6-12-9-13(16-10-15-12)14-8-5-7-11(2)3/h9-11H,4-8H2,1-3H3,(H,14,15,16). The van der Waals surface area contributed by atoms with Crippen LogP contribution in [-0.4, -0.2) is 16.5 Å². The predicted molar refractivity (Wildman–Crippen MR) is 68.6 cm³/mol. The molecule has 0 atom stereocenters. The maximum Gasteiger partial charge on any atom is 0.129 e. The SMILES string of the molecule is CCCc1cc(NCCCC(C)C)ncn1. The van der Waals surface area contributed by atoms with Crippen LogP contribution in [0, 0.1) is 5.92 Å². The van der Waals surface area contributed by atoms with E-state index in [0.717, 1.165) is 36.8 Å². The van der Waals surface area contributed by atoms with Crippen LogP contribution >= 0.6 is 0 Å². The van der Waals surface area contributed by atoms with E-state index in [9.17, 15) is 0 Å². The molecule has 0 unspecified atom stereocenters. The van der Waals surface area contributed by atoms with Crippen molar-refractivity contribution in [2.45, 2.75) is 46.5 Å². The first-order chi connectivity index (χ1) is 7.72. The highest BCUT2D eigenvalue weighted by atomic mass is 15.0. The molecule has 0 aliphatic rings. The average molecular weight is 221 g/mol. The summed E-state index contributed by atoms with van der Waals surface area (Å²) in [5, 5.41) is 3.35. The Morgan fingerprint density at radius 1 is 1.31 bits per heavy atom. The molecule has 1 heterocycles. The summed E-state index contributed by atoms with van der Waals surface area (Å²) in [6.45, 7) is 7.67. The maximum atomic E-state index is 4.23. The third-order valence-electron chi connectivity index (χ3n) is 2.49. The molecule has 0 fully saturated rings. The summed E-state index contributed by atoms with van der Waals surface area (Å²) < 4.78 is 0. The van der Waals surface area contributed by atoms with E-state index in [4.69, 9.17) is 0 Å². The van der Waals surface area contributed by atoms with Crippen molar-refractivity contribution < 1.29 is 0 Å². The fourth-order valence-corrected chi connectivity index (χ4v) is 1.61. The number of nitrogens with one attached hydrogen (secondary N) is 1. The van der Waals surface area contributed by atoms with E-state index in [0.29, 0.717) is 0 Å². The third kappa shape index (κ3) is 5.10. The van der Waals surface area contributed by atoms with Crippen molar-refractivity contribution in [2.75, 3.05) is 11.9 Å². The van der Waals surface area contributed by atoms with Crippen molar-refractivity contribution in [3.63, 3.8) is 0 Å². The summed E-state index contributed by atoms with van der Waals surface area (Å²) in [5.41, 5.74) is 1.13. The molecular weight excluding hydrogens is 198 g/mol. The lowest BCUT2D eigenvalue weighted by molar-refractivity contribution is 0.566. The molecule has 0 aliphatic carbocycles. The number of rotatable bonds is 7. The molecule has 1 aromatic rings. The molecule has 0 bridgehead atoms. The van der Waals surface area contributed by atoms with Gasteiger partial charge in [0.15, 0.2) is 0 Å². The minimum absolute atomic E-state index is 0.780. The van der Waals surface area contributed by atoms with Gasteiger partial charge in [0.05, 0.1) is 0 Å². The van der Waals surface area contributed by atoms with E-state index in [1.807, 2.05) is 0 Å². The Balaban J connectivity index is 2.33. The van der Waals surface area contributed by atoms with E-state index in [1.54, 1.807) is 6.33 Å². The fraction of sp³-hybridized carbons (Fsp3) is 0.692. The Kier molecular flexibility index (Phi) is 5.83. The van der Waals surface area contributed by atoms with Crippen molar-refractivity contribution in [3.05, 3.63) is 18.1 Å². The van der Waals surface area contributed by atoms with Crippen LogP contribution in [-0.2, 0) is 6.42 Å². The third-order valence-corrected chi connectivity index (χ3v) is 2.49. The maximum absolute atomic E-state index is 4.23. The minimum atomic E-state index is 0.780. The number of hydrogen-bond acceptors (Lipinski definition) is 3. The van der Waals surface area contributed by atoms with E-state index in [1.165, 1.54) is 12.8 Å². The van der Waals surface area contributed by atoms with Gasteiger partial charge in [0.2, 0.25) is 0 Å². The van der Waals surface area contributed by atoms with E-state index in [2.05, 4.69) is 42.1 Å². The number of anilines is 1. The summed E-state index contributed by atoms with van der Waals surface area (Å²) in [6, 6.07) is 2.05. The van der Waals surface area contributed by atoms with Crippen molar-refractivity contribution in [3.8, 4) is 0 Å². The summed E-state index contributed by atoms with van der Waals surface area (Å²) >= 11 is 0. The first-order valence-electron chi connectivity index (χ1n) is 6.27. The second-order valence-corrected chi connectivity index (χ2v) is 4.61. The molecule has 1 rings (SSSR count). The first-order valence-corrected chi connectivity index (χ1v) is 6.27. The average Bonchev–Trinajstić information content (AvgIpc) is 2.25. The second kappa shape index (κ2) is 7.20. The summed E-state index contributed by atoms with van der Waals surface area (Å²) in [5.74, 6) is 1.74. The lowest BCUT2D eigenvalue weighted by Crippen LogP contribution is -2.05. The zero-order chi connectivity index (χ0) is 11.8. The molecule has 0 amide bonds. The molecule has 90 valence electrons. The van der Waals surface area contributed by atoms with Crippen LogP contribution in [0.1, 0.15) is 45.7 Å². The largest absolute Gasteiger partial charge is 0.370 e. The summed E-state index contributed by atoms with van der Waals surface area (Å²) in [4.78, 5) is 8.45. The number of nitrogens with zero attached hydrogens (tertiary/aromatic N) is 2. The lowest BCUT2D eigenvalue weighted by Gasteiger charge is -2.07. The number of aryl methyl sites for hydroxylation is 1. The molecule has 0 aromatic carbocycles. The smallest absolute Gasteiger partial charge is 0.129 e. The molecule has 0 spiro atoms. The van der Waals surface area contributed by atoms with Gasteiger partial charge in [0.25, 0.3) is 0 Å². The monoisotopic (exact) mass is 221 g/mol. The van der Waals surface area contributed by atoms with Crippen molar-refractivity contribution in [2.24, 2.45) is 5.92 Å². The van der Waals surface area contributed by atoms with Crippen molar-refractivity contribution >= 4 is 5.82 Å². The summed E-state index contributed by atoms with van der Waals surface area (Å²) in [6.07, 6.45) is 6.27. The molecule has 1 aromatic heterocycles. The Bertz CT molecular complexity index is 297. The lowest BCUT2D eigenvalue weighted by atomic mass is 10.1. The van der Waals surface area contributed by atoms with Gasteiger partial charge >= 0.3 is 0 Å². The van der Waals surface area contributed by atoms with Crippen LogP contribution in [0.2, 0.25) is 0 Å². The quantitative estimate of drug-likeness (QED) is 0.718. The van der Waals surface area contributed by atoms with Crippen LogP contribution in [0.3, 0.4) is 0 Å². The van der Waals surface area contributed by atoms with Crippen LogP contribution in [0.25, 0.3) is 0 Å². The molecule has 3 nitrogen and oxygen atoms in total. The van der Waals surface area contributed by atoms with Gasteiger partial charge in [-0.1, -0.05) is 27.2 Å². The van der Waals surface area contributed by atoms with Gasteiger partial charge in [-0.3, -0.25) is 0 Å². The predicted octanol–water partition coefficient (Wildman–Crippen LogP) is 3.28. The van der Waals surface area contributed by atoms with Crippen LogP contribution in [0.4, 0.5) is 5.82 Å². The van der Waals surface area contributed by atoms with Gasteiger partial charge in [0, 0.05) is 18.3 Å². The zero-order valence-corrected chi connectivity index (χ0v) is 10.7. The Labute approximate surface area is 98.7 Å². The van der Waals surface area contributed by atoms with Gasteiger partial charge in [-0.05, 0) is 25.2 Å². The topological polar surface area (TPSA) is 37.8 Å². The molecule has 0 aliphatic heterocycles. The zero-order valence-electron chi connectivity index (χ0n) is 10.7. The van der Waals surface area contributed by atoms with Crippen LogP contribution in [0.15, 0.2) is 12.4 Å². The van der Waals surface area contributed by atoms with Gasteiger partial charge in [-0.15, -0.1) is 0 Å². The molecule has 0 radical (unpaired) electrons. The van der Waals surface area contributed by atoms with E-state index < -0.39 is 0 Å². The summed E-state index contributed by atoms with van der Waals surface area (Å²) in [7, 11) is 0. The van der Waals surface area contributed by atoms with Gasteiger partial charge in [-0.2, -0.15) is 0 Å². The van der Waals surface area contributed by atoms with Gasteiger partial charge < -0.3 is 5.32 Å². The number of aromatic nitrogens is 2. The van der Waals surface area contributed by atoms with Crippen molar-refractivity contribution in [1.29, 1.82) is 0 Å². The van der Waals surface area contributed by atoms with E-state index >= 15 is 0 Å². The van der Waals surface area contributed by atoms with Gasteiger partial charge in [-0.25, -0.2) is 9.97 Å².